The number of methoxy groups -OCH3 is 1. The van der Waals surface area contributed by atoms with Gasteiger partial charge < -0.3 is 20.1 Å². The van der Waals surface area contributed by atoms with Crippen LogP contribution in [0.25, 0.3) is 43.7 Å². The summed E-state index contributed by atoms with van der Waals surface area (Å²) in [5.41, 5.74) is 9.57. The highest BCUT2D eigenvalue weighted by molar-refractivity contribution is 7.18. The number of pyridine rings is 1. The van der Waals surface area contributed by atoms with Crippen LogP contribution in [0.1, 0.15) is 16.7 Å². The van der Waals surface area contributed by atoms with E-state index in [4.69, 9.17) is 14.5 Å². The fraction of sp³-hybridized carbons (Fsp3) is 0.242. The second-order valence-corrected chi connectivity index (χ2v) is 10.9. The highest BCUT2D eigenvalue weighted by Crippen LogP contribution is 2.46. The molecule has 0 unspecified atom stereocenters. The highest BCUT2D eigenvalue weighted by atomic mass is 32.1. The zero-order chi connectivity index (χ0) is 27.5. The van der Waals surface area contributed by atoms with Crippen molar-refractivity contribution in [3.8, 4) is 39.4 Å². The van der Waals surface area contributed by atoms with E-state index in [1.807, 2.05) is 7.05 Å². The molecule has 2 N–H and O–H groups in total. The van der Waals surface area contributed by atoms with E-state index in [1.54, 1.807) is 24.5 Å². The number of nitrogens with zero attached hydrogens (tertiary/aromatic N) is 1. The summed E-state index contributed by atoms with van der Waals surface area (Å²) in [5, 5.41) is 9.90. The molecule has 5 aromatic rings. The molecule has 204 valence electrons. The van der Waals surface area contributed by atoms with E-state index in [9.17, 15) is 4.39 Å². The molecule has 0 aliphatic carbocycles. The minimum atomic E-state index is -0.343. The molecule has 7 heteroatoms. The zero-order valence-electron chi connectivity index (χ0n) is 22.7. The van der Waals surface area contributed by atoms with Gasteiger partial charge in [-0.25, -0.2) is 9.37 Å². The Bertz CT molecular complexity index is 1670. The summed E-state index contributed by atoms with van der Waals surface area (Å²) >= 11 is 1.67. The lowest BCUT2D eigenvalue weighted by molar-refractivity contribution is 0.146. The predicted molar refractivity (Wildman–Crippen MR) is 161 cm³/mol. The van der Waals surface area contributed by atoms with Gasteiger partial charge in [-0.1, -0.05) is 30.3 Å². The van der Waals surface area contributed by atoms with E-state index >= 15 is 0 Å². The molecule has 3 heterocycles. The summed E-state index contributed by atoms with van der Waals surface area (Å²) in [5.74, 6) is 0.138. The molecule has 0 atom stereocenters. The summed E-state index contributed by atoms with van der Waals surface area (Å²) < 4.78 is 26.8. The van der Waals surface area contributed by atoms with Gasteiger partial charge in [0.15, 0.2) is 0 Å². The van der Waals surface area contributed by atoms with Crippen molar-refractivity contribution in [2.24, 2.45) is 0 Å². The summed E-state index contributed by atoms with van der Waals surface area (Å²) in [6.07, 6.45) is 1.00. The van der Waals surface area contributed by atoms with E-state index in [-0.39, 0.29) is 5.82 Å². The Morgan fingerprint density at radius 2 is 1.88 bits per heavy atom. The minimum absolute atomic E-state index is 0.322. The number of aromatic nitrogens is 1. The van der Waals surface area contributed by atoms with Crippen molar-refractivity contribution < 1.29 is 13.9 Å². The smallest absolute Gasteiger partial charge is 0.130 e. The van der Waals surface area contributed by atoms with E-state index in [0.717, 1.165) is 75.3 Å². The minimum Gasteiger partial charge on any atom is -0.490 e. The molecule has 0 saturated heterocycles. The van der Waals surface area contributed by atoms with Crippen molar-refractivity contribution in [2.75, 3.05) is 33.9 Å². The van der Waals surface area contributed by atoms with Crippen molar-refractivity contribution in [3.05, 3.63) is 94.6 Å². The van der Waals surface area contributed by atoms with Crippen LogP contribution in [0.4, 0.5) is 4.39 Å². The number of fused-ring (bicyclic) bond motifs is 2. The topological polar surface area (TPSA) is 55.4 Å². The maximum atomic E-state index is 14.5. The van der Waals surface area contributed by atoms with Gasteiger partial charge in [-0.2, -0.15) is 0 Å². The first-order valence-corrected chi connectivity index (χ1v) is 14.4. The molecule has 5 nitrogen and oxygen atoms in total. The van der Waals surface area contributed by atoms with E-state index in [0.29, 0.717) is 19.0 Å². The van der Waals surface area contributed by atoms with E-state index < -0.39 is 0 Å². The average molecular weight is 554 g/mol. The molecule has 40 heavy (non-hydrogen) atoms. The number of hydrogen-bond donors (Lipinski definition) is 2. The molecular weight excluding hydrogens is 521 g/mol. The van der Waals surface area contributed by atoms with Gasteiger partial charge in [0.1, 0.15) is 18.2 Å². The van der Waals surface area contributed by atoms with Crippen LogP contribution in [0.2, 0.25) is 0 Å². The Balaban J connectivity index is 1.61. The van der Waals surface area contributed by atoms with Gasteiger partial charge in [0, 0.05) is 58.6 Å². The molecule has 3 aromatic carbocycles. The molecule has 0 fully saturated rings. The molecular formula is C33H32FN3O2S. The molecule has 6 rings (SSSR count). The molecule has 0 saturated carbocycles. The third kappa shape index (κ3) is 5.25. The van der Waals surface area contributed by atoms with Crippen molar-refractivity contribution in [1.82, 2.24) is 15.6 Å². The summed E-state index contributed by atoms with van der Waals surface area (Å²) in [6.45, 7) is 3.36. The Morgan fingerprint density at radius 1 is 0.975 bits per heavy atom. The largest absolute Gasteiger partial charge is 0.490 e. The molecule has 1 aliphatic rings. The first-order valence-electron chi connectivity index (χ1n) is 13.6. The monoisotopic (exact) mass is 553 g/mol. The van der Waals surface area contributed by atoms with Crippen LogP contribution in [-0.2, 0) is 24.2 Å². The SMILES string of the molecule is CNCc1cccc(-c2nc(-c3ccc4c(c3)CCNC4)c3ccsc3c2-c2ccc(F)cc2OCCOC)c1. The maximum absolute atomic E-state index is 14.5. The number of ether oxygens (including phenoxy) is 2. The van der Waals surface area contributed by atoms with Gasteiger partial charge >= 0.3 is 0 Å². The van der Waals surface area contributed by atoms with E-state index in [1.165, 1.54) is 23.3 Å². The zero-order valence-corrected chi connectivity index (χ0v) is 23.5. The first kappa shape index (κ1) is 26.6. The number of rotatable bonds is 9. The van der Waals surface area contributed by atoms with Crippen molar-refractivity contribution in [2.45, 2.75) is 19.5 Å². The van der Waals surface area contributed by atoms with Gasteiger partial charge in [-0.05, 0) is 72.4 Å². The Labute approximate surface area is 238 Å². The van der Waals surface area contributed by atoms with Crippen molar-refractivity contribution >= 4 is 21.4 Å². The second-order valence-electron chi connectivity index (χ2n) is 9.97. The quantitative estimate of drug-likeness (QED) is 0.196. The van der Waals surface area contributed by atoms with Crippen LogP contribution in [0.3, 0.4) is 0 Å². The van der Waals surface area contributed by atoms with Crippen LogP contribution in [0.5, 0.6) is 5.75 Å². The molecule has 0 bridgehead atoms. The summed E-state index contributed by atoms with van der Waals surface area (Å²) in [7, 11) is 3.57. The lowest BCUT2D eigenvalue weighted by atomic mass is 9.93. The molecule has 1 aliphatic heterocycles. The summed E-state index contributed by atoms with van der Waals surface area (Å²) in [4.78, 5) is 5.40. The average Bonchev–Trinajstić information content (AvgIpc) is 3.47. The predicted octanol–water partition coefficient (Wildman–Crippen LogP) is 6.83. The number of thiophene rings is 1. The van der Waals surface area contributed by atoms with Crippen LogP contribution < -0.4 is 15.4 Å². The van der Waals surface area contributed by atoms with Gasteiger partial charge in [-0.3, -0.25) is 0 Å². The lowest BCUT2D eigenvalue weighted by Crippen LogP contribution is -2.23. The van der Waals surface area contributed by atoms with Crippen LogP contribution in [0, 0.1) is 5.82 Å². The third-order valence-corrected chi connectivity index (χ3v) is 8.25. The molecule has 0 spiro atoms. The van der Waals surface area contributed by atoms with E-state index in [2.05, 4.69) is 64.5 Å². The molecule has 0 amide bonds. The first-order chi connectivity index (χ1) is 19.7. The number of benzene rings is 3. The van der Waals surface area contributed by atoms with Gasteiger partial charge in [0.2, 0.25) is 0 Å². The molecule has 0 radical (unpaired) electrons. The van der Waals surface area contributed by atoms with Crippen LogP contribution in [-0.4, -0.2) is 38.9 Å². The fourth-order valence-corrected chi connectivity index (χ4v) is 6.37. The van der Waals surface area contributed by atoms with Gasteiger partial charge in [0.05, 0.1) is 18.0 Å². The van der Waals surface area contributed by atoms with Gasteiger partial charge in [-0.15, -0.1) is 11.3 Å². The second kappa shape index (κ2) is 11.9. The maximum Gasteiger partial charge on any atom is 0.130 e. The fourth-order valence-electron chi connectivity index (χ4n) is 5.42. The lowest BCUT2D eigenvalue weighted by Gasteiger charge is -2.20. The Morgan fingerprint density at radius 3 is 2.75 bits per heavy atom. The third-order valence-electron chi connectivity index (χ3n) is 7.31. The van der Waals surface area contributed by atoms with Crippen molar-refractivity contribution in [1.29, 1.82) is 0 Å². The standard InChI is InChI=1S/C33H32FN3O2S/c1-35-19-21-4-3-5-23(16-21)32-30(27-9-8-26(34)18-29(27)39-14-13-38-2)33-28(11-15-40-33)31(37-32)24-6-7-25-20-36-12-10-22(25)17-24/h3-9,11,15-18,35-36H,10,12-14,19-20H2,1-2H3. The Kier molecular flexibility index (Phi) is 7.89. The number of hydrogen-bond acceptors (Lipinski definition) is 6. The Hall–Kier alpha value is -3.62. The normalized spacial score (nSPS) is 13.0. The highest BCUT2D eigenvalue weighted by Gasteiger charge is 2.23. The molecule has 2 aromatic heterocycles. The van der Waals surface area contributed by atoms with Crippen LogP contribution >= 0.6 is 11.3 Å². The number of halogens is 1. The van der Waals surface area contributed by atoms with Crippen LogP contribution in [0.15, 0.2) is 72.1 Å². The number of nitrogens with one attached hydrogen (secondary N) is 2. The van der Waals surface area contributed by atoms with Gasteiger partial charge in [0.25, 0.3) is 0 Å². The summed E-state index contributed by atoms with van der Waals surface area (Å²) in [6, 6.07) is 22.1. The van der Waals surface area contributed by atoms with Crippen molar-refractivity contribution in [3.63, 3.8) is 0 Å².